The molecule has 1 rings (SSSR count). The summed E-state index contributed by atoms with van der Waals surface area (Å²) in [6, 6.07) is 1.55. The van der Waals surface area contributed by atoms with Gasteiger partial charge < -0.3 is 15.0 Å². The van der Waals surface area contributed by atoms with Gasteiger partial charge in [-0.05, 0) is 42.5 Å². The minimum Gasteiger partial charge on any atom is -0.480 e. The van der Waals surface area contributed by atoms with E-state index >= 15 is 0 Å². The number of nitrogens with one attached hydrogen (secondary N) is 1. The van der Waals surface area contributed by atoms with Crippen molar-refractivity contribution in [2.24, 2.45) is 0 Å². The molecule has 0 atom stereocenters. The molecule has 0 bridgehead atoms. The third-order valence-electron chi connectivity index (χ3n) is 2.07. The summed E-state index contributed by atoms with van der Waals surface area (Å²) < 4.78 is 0.917. The number of rotatable bonds is 4. The largest absolute Gasteiger partial charge is 0.480 e. The third-order valence-corrected chi connectivity index (χ3v) is 2.69. The van der Waals surface area contributed by atoms with Gasteiger partial charge in [0, 0.05) is 15.8 Å². The molecule has 1 aromatic rings. The van der Waals surface area contributed by atoms with Gasteiger partial charge >= 0.3 is 5.97 Å². The van der Waals surface area contributed by atoms with Crippen LogP contribution in [0.2, 0.25) is 0 Å². The first-order chi connectivity index (χ1) is 7.41. The zero-order valence-corrected chi connectivity index (χ0v) is 11.2. The van der Waals surface area contributed by atoms with Gasteiger partial charge in [-0.15, -0.1) is 0 Å². The fourth-order valence-corrected chi connectivity index (χ4v) is 1.75. The van der Waals surface area contributed by atoms with Gasteiger partial charge in [0.2, 0.25) is 0 Å². The van der Waals surface area contributed by atoms with Gasteiger partial charge in [0.25, 0.3) is 5.91 Å². The Bertz CT molecular complexity index is 401. The second kappa shape index (κ2) is 5.33. The van der Waals surface area contributed by atoms with Gasteiger partial charge in [0.1, 0.15) is 12.2 Å². The number of aliphatic carboxylic acids is 1. The van der Waals surface area contributed by atoms with Crippen molar-refractivity contribution in [3.63, 3.8) is 0 Å². The number of carboxylic acids is 1. The molecule has 0 saturated carbocycles. The normalized spacial score (nSPS) is 10.5. The number of hydrogen-bond donors (Lipinski definition) is 2. The summed E-state index contributed by atoms with van der Waals surface area (Å²) in [5.41, 5.74) is 0.416. The van der Waals surface area contributed by atoms with Crippen LogP contribution in [0, 0.1) is 3.57 Å². The van der Waals surface area contributed by atoms with Crippen LogP contribution >= 0.6 is 22.6 Å². The molecule has 1 heterocycles. The molecular weight excluding hydrogens is 323 g/mol. The number of aromatic nitrogens is 1. The molecule has 88 valence electrons. The summed E-state index contributed by atoms with van der Waals surface area (Å²) in [6.45, 7) is 3.29. The van der Waals surface area contributed by atoms with E-state index in [0.29, 0.717) is 5.69 Å². The van der Waals surface area contributed by atoms with Crippen LogP contribution in [-0.4, -0.2) is 39.5 Å². The first kappa shape index (κ1) is 13.0. The number of carboxylic acid groups (broad SMARTS) is 1. The summed E-state index contributed by atoms with van der Waals surface area (Å²) >= 11 is 2.08. The van der Waals surface area contributed by atoms with E-state index in [1.165, 1.54) is 4.90 Å². The summed E-state index contributed by atoms with van der Waals surface area (Å²) in [5.74, 6) is -1.30. The van der Waals surface area contributed by atoms with Crippen LogP contribution in [0.3, 0.4) is 0 Å². The van der Waals surface area contributed by atoms with Crippen LogP contribution in [-0.2, 0) is 4.79 Å². The molecule has 1 amide bonds. The minimum absolute atomic E-state index is 0.149. The number of amides is 1. The molecule has 0 saturated heterocycles. The topological polar surface area (TPSA) is 73.4 Å². The average Bonchev–Trinajstić information content (AvgIpc) is 2.59. The molecular formula is C10H13IN2O3. The highest BCUT2D eigenvalue weighted by atomic mass is 127. The van der Waals surface area contributed by atoms with Gasteiger partial charge in [-0.1, -0.05) is 0 Å². The molecule has 1 aromatic heterocycles. The quantitative estimate of drug-likeness (QED) is 0.820. The Labute approximate surface area is 107 Å². The van der Waals surface area contributed by atoms with E-state index < -0.39 is 5.97 Å². The van der Waals surface area contributed by atoms with E-state index in [2.05, 4.69) is 27.6 Å². The predicted octanol–water partition coefficient (Wildman–Crippen LogP) is 1.55. The number of aromatic amines is 1. The Balaban J connectivity index is 2.87. The van der Waals surface area contributed by atoms with Crippen molar-refractivity contribution in [2.45, 2.75) is 19.9 Å². The molecule has 0 aliphatic heterocycles. The highest BCUT2D eigenvalue weighted by Gasteiger charge is 2.22. The van der Waals surface area contributed by atoms with Crippen LogP contribution in [0.1, 0.15) is 24.3 Å². The Morgan fingerprint density at radius 2 is 2.19 bits per heavy atom. The van der Waals surface area contributed by atoms with E-state index in [-0.39, 0.29) is 18.5 Å². The lowest BCUT2D eigenvalue weighted by atomic mass is 10.2. The van der Waals surface area contributed by atoms with Gasteiger partial charge in [0.05, 0.1) is 0 Å². The van der Waals surface area contributed by atoms with Crippen molar-refractivity contribution in [3.05, 3.63) is 21.5 Å². The van der Waals surface area contributed by atoms with Gasteiger partial charge in [-0.3, -0.25) is 9.59 Å². The lowest BCUT2D eigenvalue weighted by Crippen LogP contribution is -2.40. The Morgan fingerprint density at radius 3 is 2.56 bits per heavy atom. The number of nitrogens with zero attached hydrogens (tertiary/aromatic N) is 1. The van der Waals surface area contributed by atoms with Gasteiger partial charge in [0.15, 0.2) is 0 Å². The van der Waals surface area contributed by atoms with Gasteiger partial charge in [-0.25, -0.2) is 0 Å². The number of carbonyl (C=O) groups excluding carboxylic acids is 1. The number of halogens is 1. The first-order valence-electron chi connectivity index (χ1n) is 4.78. The van der Waals surface area contributed by atoms with E-state index in [1.54, 1.807) is 26.1 Å². The molecule has 0 unspecified atom stereocenters. The third kappa shape index (κ3) is 3.22. The van der Waals surface area contributed by atoms with Crippen LogP contribution in [0.4, 0.5) is 0 Å². The summed E-state index contributed by atoms with van der Waals surface area (Å²) in [5, 5.41) is 8.73. The van der Waals surface area contributed by atoms with Crippen molar-refractivity contribution < 1.29 is 14.7 Å². The Kier molecular flexibility index (Phi) is 4.34. The molecule has 0 spiro atoms. The Morgan fingerprint density at radius 1 is 1.56 bits per heavy atom. The lowest BCUT2D eigenvalue weighted by molar-refractivity contribution is -0.138. The fraction of sp³-hybridized carbons (Fsp3) is 0.400. The molecule has 0 radical (unpaired) electrons. The maximum Gasteiger partial charge on any atom is 0.323 e. The maximum absolute atomic E-state index is 12.0. The van der Waals surface area contributed by atoms with Crippen LogP contribution in [0.15, 0.2) is 12.3 Å². The second-order valence-electron chi connectivity index (χ2n) is 3.65. The van der Waals surface area contributed by atoms with Crippen LogP contribution in [0.5, 0.6) is 0 Å². The zero-order chi connectivity index (χ0) is 12.3. The van der Waals surface area contributed by atoms with E-state index in [9.17, 15) is 9.59 Å². The smallest absolute Gasteiger partial charge is 0.323 e. The highest BCUT2D eigenvalue weighted by Crippen LogP contribution is 2.11. The van der Waals surface area contributed by atoms with E-state index in [0.717, 1.165) is 3.57 Å². The minimum atomic E-state index is -1.01. The molecule has 0 aromatic carbocycles. The van der Waals surface area contributed by atoms with Crippen molar-refractivity contribution in [2.75, 3.05) is 6.54 Å². The lowest BCUT2D eigenvalue weighted by Gasteiger charge is -2.24. The molecule has 16 heavy (non-hydrogen) atoms. The standard InChI is InChI=1S/C10H13IN2O3/c1-6(2)13(5-9(14)15)10(16)8-3-7(11)4-12-8/h3-4,6,12H,5H2,1-2H3,(H,14,15). The van der Waals surface area contributed by atoms with Crippen molar-refractivity contribution in [1.82, 2.24) is 9.88 Å². The molecule has 2 N–H and O–H groups in total. The monoisotopic (exact) mass is 336 g/mol. The molecule has 0 aliphatic rings. The van der Waals surface area contributed by atoms with Crippen LogP contribution < -0.4 is 0 Å². The van der Waals surface area contributed by atoms with Gasteiger partial charge in [-0.2, -0.15) is 0 Å². The first-order valence-corrected chi connectivity index (χ1v) is 5.86. The SMILES string of the molecule is CC(C)N(CC(=O)O)C(=O)c1cc(I)c[nH]1. The maximum atomic E-state index is 12.0. The number of H-pyrrole nitrogens is 1. The highest BCUT2D eigenvalue weighted by molar-refractivity contribution is 14.1. The van der Waals surface area contributed by atoms with Crippen molar-refractivity contribution >= 4 is 34.5 Å². The van der Waals surface area contributed by atoms with Crippen molar-refractivity contribution in [3.8, 4) is 0 Å². The zero-order valence-electron chi connectivity index (χ0n) is 9.03. The molecule has 5 nitrogen and oxygen atoms in total. The summed E-state index contributed by atoms with van der Waals surface area (Å²) in [7, 11) is 0. The number of hydrogen-bond acceptors (Lipinski definition) is 2. The molecule has 0 fully saturated rings. The predicted molar refractivity (Wildman–Crippen MR) is 67.3 cm³/mol. The average molecular weight is 336 g/mol. The van der Waals surface area contributed by atoms with E-state index in [4.69, 9.17) is 5.11 Å². The molecule has 6 heteroatoms. The Hall–Kier alpha value is -1.05. The summed E-state index contributed by atoms with van der Waals surface area (Å²) in [6.07, 6.45) is 1.70. The van der Waals surface area contributed by atoms with E-state index in [1.807, 2.05) is 0 Å². The number of carbonyl (C=O) groups is 2. The second-order valence-corrected chi connectivity index (χ2v) is 4.90. The van der Waals surface area contributed by atoms with Crippen molar-refractivity contribution in [1.29, 1.82) is 0 Å². The molecule has 0 aliphatic carbocycles. The summed E-state index contributed by atoms with van der Waals surface area (Å²) in [4.78, 5) is 26.7. The fourth-order valence-electron chi connectivity index (χ4n) is 1.28. The van der Waals surface area contributed by atoms with Crippen LogP contribution in [0.25, 0.3) is 0 Å².